The van der Waals surface area contributed by atoms with Crippen LogP contribution in [0.15, 0.2) is 36.5 Å². The Morgan fingerprint density at radius 1 is 1.28 bits per heavy atom. The number of imide groups is 1. The van der Waals surface area contributed by atoms with E-state index >= 15 is 0 Å². The van der Waals surface area contributed by atoms with E-state index in [2.05, 4.69) is 4.98 Å². The minimum absolute atomic E-state index is 0.239. The maximum atomic E-state index is 12.8. The zero-order valence-electron chi connectivity index (χ0n) is 16.7. The maximum Gasteiger partial charge on any atom is 0.332 e. The third-order valence-corrected chi connectivity index (χ3v) is 6.54. The predicted octanol–water partition coefficient (Wildman–Crippen LogP) is 3.94. The van der Waals surface area contributed by atoms with Gasteiger partial charge in [-0.05, 0) is 43.9 Å². The Balaban J connectivity index is 1.40. The number of carbonyl (C=O) groups excluding carboxylic acids is 2. The molecule has 1 aliphatic carbocycles. The van der Waals surface area contributed by atoms with E-state index in [0.717, 1.165) is 30.1 Å². The highest BCUT2D eigenvalue weighted by molar-refractivity contribution is 6.22. The minimum atomic E-state index is -0.837. The van der Waals surface area contributed by atoms with Crippen LogP contribution in [0, 0.1) is 5.92 Å². The fourth-order valence-corrected chi connectivity index (χ4v) is 4.21. The van der Waals surface area contributed by atoms with Crippen molar-refractivity contribution < 1.29 is 19.1 Å². The van der Waals surface area contributed by atoms with Crippen LogP contribution in [0.3, 0.4) is 0 Å². The average molecular weight is 393 g/mol. The van der Waals surface area contributed by atoms with Crippen LogP contribution < -0.4 is 14.4 Å². The summed E-state index contributed by atoms with van der Waals surface area (Å²) >= 11 is 0. The SMILES string of the molecule is CC[C@]1(C)C(=O)N(c2ccc(Oc3cccc4c3C3CC3CO4)nc2)C(=O)N1C. The number of fused-ring (bicyclic) bond motifs is 3. The van der Waals surface area contributed by atoms with Gasteiger partial charge in [-0.2, -0.15) is 0 Å². The van der Waals surface area contributed by atoms with Crippen molar-refractivity contribution in [1.82, 2.24) is 9.88 Å². The third-order valence-electron chi connectivity index (χ3n) is 6.54. The molecule has 3 aliphatic rings. The van der Waals surface area contributed by atoms with Crippen LogP contribution in [0.4, 0.5) is 10.5 Å². The molecule has 3 heterocycles. The number of pyridine rings is 1. The van der Waals surface area contributed by atoms with Crippen LogP contribution in [0.5, 0.6) is 17.4 Å². The smallest absolute Gasteiger partial charge is 0.332 e. The maximum absolute atomic E-state index is 12.8. The van der Waals surface area contributed by atoms with Gasteiger partial charge in [-0.3, -0.25) is 4.79 Å². The molecule has 1 saturated heterocycles. The highest BCUT2D eigenvalue weighted by Gasteiger charge is 2.52. The Morgan fingerprint density at radius 3 is 2.79 bits per heavy atom. The van der Waals surface area contributed by atoms with E-state index < -0.39 is 5.54 Å². The lowest BCUT2D eigenvalue weighted by molar-refractivity contribution is -0.123. The van der Waals surface area contributed by atoms with Crippen molar-refractivity contribution in [3.63, 3.8) is 0 Å². The molecule has 1 aromatic heterocycles. The molecule has 7 nitrogen and oxygen atoms in total. The number of hydrogen-bond acceptors (Lipinski definition) is 5. The highest BCUT2D eigenvalue weighted by atomic mass is 16.5. The van der Waals surface area contributed by atoms with E-state index in [1.165, 1.54) is 16.0 Å². The monoisotopic (exact) mass is 393 g/mol. The number of benzene rings is 1. The zero-order chi connectivity index (χ0) is 20.3. The number of urea groups is 1. The lowest BCUT2D eigenvalue weighted by Gasteiger charge is -2.26. The molecular formula is C22H23N3O4. The van der Waals surface area contributed by atoms with Gasteiger partial charge >= 0.3 is 6.03 Å². The summed E-state index contributed by atoms with van der Waals surface area (Å²) < 4.78 is 11.9. The number of aromatic nitrogens is 1. The first-order chi connectivity index (χ1) is 13.9. The molecule has 3 amide bonds. The minimum Gasteiger partial charge on any atom is -0.493 e. The summed E-state index contributed by atoms with van der Waals surface area (Å²) in [6, 6.07) is 8.84. The van der Waals surface area contributed by atoms with Crippen molar-refractivity contribution >= 4 is 17.6 Å². The summed E-state index contributed by atoms with van der Waals surface area (Å²) in [4.78, 5) is 32.5. The lowest BCUT2D eigenvalue weighted by Crippen LogP contribution is -2.44. The number of ether oxygens (including phenoxy) is 2. The van der Waals surface area contributed by atoms with E-state index in [4.69, 9.17) is 9.47 Å². The molecule has 3 atom stereocenters. The van der Waals surface area contributed by atoms with Gasteiger partial charge in [0.15, 0.2) is 0 Å². The Hall–Kier alpha value is -3.09. The first-order valence-electron chi connectivity index (χ1n) is 9.96. The molecular weight excluding hydrogens is 370 g/mol. The first kappa shape index (κ1) is 18.0. The van der Waals surface area contributed by atoms with Gasteiger partial charge in [0.1, 0.15) is 17.0 Å². The average Bonchev–Trinajstić information content (AvgIpc) is 3.51. The second kappa shape index (κ2) is 6.20. The predicted molar refractivity (Wildman–Crippen MR) is 106 cm³/mol. The van der Waals surface area contributed by atoms with Gasteiger partial charge in [0.2, 0.25) is 5.88 Å². The zero-order valence-corrected chi connectivity index (χ0v) is 16.7. The van der Waals surface area contributed by atoms with Gasteiger partial charge in [-0.1, -0.05) is 13.0 Å². The molecule has 1 saturated carbocycles. The standard InChI is InChI=1S/C22H23N3O4/c1-4-22(2)20(26)25(21(27)24(22)3)14-8-9-18(23-11-14)29-17-7-5-6-16-19(17)15-10-13(15)12-28-16/h5-9,11,13,15H,4,10,12H2,1-3H3/t13?,15?,22-/m1/s1. The van der Waals surface area contributed by atoms with Crippen molar-refractivity contribution in [3.05, 3.63) is 42.1 Å². The Morgan fingerprint density at radius 2 is 2.10 bits per heavy atom. The Kier molecular flexibility index (Phi) is 3.84. The molecule has 2 unspecified atom stereocenters. The normalized spacial score (nSPS) is 27.4. The molecule has 2 aromatic rings. The fourth-order valence-electron chi connectivity index (χ4n) is 4.21. The van der Waals surface area contributed by atoms with Crippen LogP contribution in [0.2, 0.25) is 0 Å². The van der Waals surface area contributed by atoms with E-state index in [9.17, 15) is 9.59 Å². The second-order valence-corrected chi connectivity index (χ2v) is 8.15. The molecule has 2 aliphatic heterocycles. The van der Waals surface area contributed by atoms with Crippen LogP contribution in [0.1, 0.15) is 38.2 Å². The van der Waals surface area contributed by atoms with E-state index in [1.54, 1.807) is 26.1 Å². The van der Waals surface area contributed by atoms with Crippen molar-refractivity contribution in [2.24, 2.45) is 5.92 Å². The summed E-state index contributed by atoms with van der Waals surface area (Å²) in [5, 5.41) is 0. The van der Waals surface area contributed by atoms with Crippen molar-refractivity contribution in [1.29, 1.82) is 0 Å². The van der Waals surface area contributed by atoms with Gasteiger partial charge in [-0.15, -0.1) is 0 Å². The molecule has 29 heavy (non-hydrogen) atoms. The lowest BCUT2D eigenvalue weighted by atomic mass is 9.98. The summed E-state index contributed by atoms with van der Waals surface area (Å²) in [6.07, 6.45) is 3.18. The molecule has 0 spiro atoms. The number of carbonyl (C=O) groups is 2. The number of likely N-dealkylation sites (N-methyl/N-ethyl adjacent to an activating group) is 1. The summed E-state index contributed by atoms with van der Waals surface area (Å²) in [6.45, 7) is 4.45. The summed E-state index contributed by atoms with van der Waals surface area (Å²) in [7, 11) is 1.65. The quantitative estimate of drug-likeness (QED) is 0.736. The molecule has 7 heteroatoms. The molecule has 0 N–H and O–H groups in total. The summed E-state index contributed by atoms with van der Waals surface area (Å²) in [5.74, 6) is 2.89. The van der Waals surface area contributed by atoms with Gasteiger partial charge in [0.05, 0.1) is 18.5 Å². The molecule has 150 valence electrons. The molecule has 0 radical (unpaired) electrons. The number of anilines is 1. The highest BCUT2D eigenvalue weighted by Crippen LogP contribution is 2.57. The third kappa shape index (κ3) is 2.60. The van der Waals surface area contributed by atoms with Crippen molar-refractivity contribution in [2.75, 3.05) is 18.6 Å². The van der Waals surface area contributed by atoms with Crippen LogP contribution in [-0.2, 0) is 4.79 Å². The molecule has 1 aromatic carbocycles. The molecule has 2 fully saturated rings. The Bertz CT molecular complexity index is 1010. The van der Waals surface area contributed by atoms with Crippen molar-refractivity contribution in [3.8, 4) is 17.4 Å². The van der Waals surface area contributed by atoms with Gasteiger partial charge < -0.3 is 14.4 Å². The Labute approximate surface area is 169 Å². The van der Waals surface area contributed by atoms with E-state index in [-0.39, 0.29) is 11.9 Å². The van der Waals surface area contributed by atoms with Gasteiger partial charge in [-0.25, -0.2) is 14.7 Å². The van der Waals surface area contributed by atoms with Crippen LogP contribution >= 0.6 is 0 Å². The number of amides is 3. The van der Waals surface area contributed by atoms with Gasteiger partial charge in [0.25, 0.3) is 5.91 Å². The first-order valence-corrected chi connectivity index (χ1v) is 9.96. The summed E-state index contributed by atoms with van der Waals surface area (Å²) in [5.41, 5.74) is 0.716. The molecule has 5 rings (SSSR count). The topological polar surface area (TPSA) is 72.0 Å². The fraction of sp³-hybridized carbons (Fsp3) is 0.409. The van der Waals surface area contributed by atoms with E-state index in [0.29, 0.717) is 29.8 Å². The number of nitrogens with zero attached hydrogens (tertiary/aromatic N) is 3. The number of hydrogen-bond donors (Lipinski definition) is 0. The second-order valence-electron chi connectivity index (χ2n) is 8.15. The van der Waals surface area contributed by atoms with Gasteiger partial charge in [0, 0.05) is 24.6 Å². The van der Waals surface area contributed by atoms with E-state index in [1.807, 2.05) is 25.1 Å². The number of rotatable bonds is 4. The van der Waals surface area contributed by atoms with Crippen molar-refractivity contribution in [2.45, 2.75) is 38.1 Å². The van der Waals surface area contributed by atoms with Crippen LogP contribution in [0.25, 0.3) is 0 Å². The molecule has 0 bridgehead atoms. The largest absolute Gasteiger partial charge is 0.493 e. The van der Waals surface area contributed by atoms with Crippen LogP contribution in [-0.4, -0.2) is 41.0 Å².